The van der Waals surface area contributed by atoms with Crippen LogP contribution >= 0.6 is 0 Å². The minimum absolute atomic E-state index is 0.000702. The molecule has 0 unspecified atom stereocenters. The summed E-state index contributed by atoms with van der Waals surface area (Å²) < 4.78 is 7.35. The van der Waals surface area contributed by atoms with Crippen LogP contribution in [0.3, 0.4) is 0 Å². The molecule has 1 N–H and O–H groups in total. The van der Waals surface area contributed by atoms with Crippen molar-refractivity contribution in [2.75, 3.05) is 13.1 Å². The molecule has 0 aromatic carbocycles. The number of likely N-dealkylation sites (tertiary alicyclic amines) is 1. The Kier molecular flexibility index (Phi) is 4.13. The van der Waals surface area contributed by atoms with E-state index >= 15 is 0 Å². The van der Waals surface area contributed by atoms with Crippen LogP contribution in [0.25, 0.3) is 0 Å². The van der Waals surface area contributed by atoms with Gasteiger partial charge in [-0.25, -0.2) is 0 Å². The number of aromatic nitrogens is 1. The summed E-state index contributed by atoms with van der Waals surface area (Å²) >= 11 is 0. The molecule has 1 saturated carbocycles. The van der Waals surface area contributed by atoms with Crippen molar-refractivity contribution < 1.29 is 14.0 Å². The molecule has 0 bridgehead atoms. The first kappa shape index (κ1) is 16.9. The van der Waals surface area contributed by atoms with Gasteiger partial charge >= 0.3 is 0 Å². The van der Waals surface area contributed by atoms with Crippen LogP contribution in [0.4, 0.5) is 0 Å². The minimum Gasteiger partial charge on any atom is -0.456 e. The lowest BCUT2D eigenvalue weighted by atomic mass is 9.59. The summed E-state index contributed by atoms with van der Waals surface area (Å²) in [7, 11) is 1.91. The Morgan fingerprint density at radius 1 is 1.19 bits per heavy atom. The van der Waals surface area contributed by atoms with Crippen LogP contribution in [0.2, 0.25) is 0 Å². The molecule has 0 radical (unpaired) electrons. The molecule has 2 amide bonds. The van der Waals surface area contributed by atoms with Crippen LogP contribution in [0.1, 0.15) is 52.4 Å². The van der Waals surface area contributed by atoms with Crippen LogP contribution in [0, 0.1) is 12.3 Å². The van der Waals surface area contributed by atoms with Crippen molar-refractivity contribution in [1.29, 1.82) is 0 Å². The number of hydrogen-bond acceptors (Lipinski definition) is 3. The summed E-state index contributed by atoms with van der Waals surface area (Å²) in [5.74, 6) is 1.14. The number of aryl methyl sites for hydroxylation is 2. The predicted octanol–water partition coefficient (Wildman–Crippen LogP) is 2.74. The highest BCUT2D eigenvalue weighted by atomic mass is 16.3. The molecule has 3 heterocycles. The molecule has 2 aliphatic rings. The van der Waals surface area contributed by atoms with Crippen LogP contribution < -0.4 is 5.32 Å². The number of carbonyl (C=O) groups excluding carboxylic acids is 2. The first-order valence-corrected chi connectivity index (χ1v) is 9.25. The van der Waals surface area contributed by atoms with Crippen molar-refractivity contribution >= 4 is 11.8 Å². The second kappa shape index (κ2) is 6.34. The first-order chi connectivity index (χ1) is 12.5. The van der Waals surface area contributed by atoms with E-state index in [2.05, 4.69) is 5.32 Å². The smallest absolute Gasteiger partial charge is 0.289 e. The lowest BCUT2D eigenvalue weighted by Crippen LogP contribution is -2.59. The number of piperidine rings is 1. The maximum Gasteiger partial charge on any atom is 0.289 e. The lowest BCUT2D eigenvalue weighted by molar-refractivity contribution is -0.00319. The number of carbonyl (C=O) groups is 2. The van der Waals surface area contributed by atoms with Gasteiger partial charge in [0.2, 0.25) is 0 Å². The summed E-state index contributed by atoms with van der Waals surface area (Å²) in [4.78, 5) is 26.9. The minimum atomic E-state index is -0.0304. The summed E-state index contributed by atoms with van der Waals surface area (Å²) in [6, 6.07) is 5.61. The molecule has 4 rings (SSSR count). The highest BCUT2D eigenvalue weighted by molar-refractivity contribution is 5.94. The quantitative estimate of drug-likeness (QED) is 0.920. The van der Waals surface area contributed by atoms with Gasteiger partial charge in [0, 0.05) is 38.6 Å². The van der Waals surface area contributed by atoms with Gasteiger partial charge < -0.3 is 19.2 Å². The molecular weight excluding hydrogens is 330 g/mol. The van der Waals surface area contributed by atoms with E-state index in [4.69, 9.17) is 4.42 Å². The second-order valence-corrected chi connectivity index (χ2v) is 7.70. The summed E-state index contributed by atoms with van der Waals surface area (Å²) in [6.45, 7) is 3.28. The molecule has 1 aliphatic carbocycles. The average Bonchev–Trinajstić information content (AvgIpc) is 3.26. The van der Waals surface area contributed by atoms with E-state index in [0.29, 0.717) is 11.3 Å². The van der Waals surface area contributed by atoms with Crippen molar-refractivity contribution in [1.82, 2.24) is 14.8 Å². The Morgan fingerprint density at radius 3 is 2.50 bits per heavy atom. The highest BCUT2D eigenvalue weighted by Crippen LogP contribution is 2.49. The predicted molar refractivity (Wildman–Crippen MR) is 96.9 cm³/mol. The molecule has 6 nitrogen and oxygen atoms in total. The van der Waals surface area contributed by atoms with Crippen LogP contribution in [-0.2, 0) is 7.05 Å². The number of nitrogens with one attached hydrogen (secondary N) is 1. The lowest BCUT2D eigenvalue weighted by Gasteiger charge is -2.54. The molecule has 1 aliphatic heterocycles. The molecule has 26 heavy (non-hydrogen) atoms. The maximum absolute atomic E-state index is 12.5. The fraction of sp³-hybridized carbons (Fsp3) is 0.500. The Hall–Kier alpha value is -2.50. The first-order valence-electron chi connectivity index (χ1n) is 9.25. The zero-order valence-electron chi connectivity index (χ0n) is 15.3. The standard InChI is InChI=1S/C20H25N3O3/c1-14-3-4-16(26-14)19(25)23-11-8-20(9-12-23)7-5-17(20)21-18(24)15-6-10-22(2)13-15/h3-4,6,10,13,17H,5,7-9,11-12H2,1-2H3,(H,21,24)/t17-/m1/s1. The van der Waals surface area contributed by atoms with Gasteiger partial charge in [0.25, 0.3) is 11.8 Å². The normalized spacial score (nSPS) is 21.5. The molecule has 2 aromatic rings. The van der Waals surface area contributed by atoms with E-state index in [0.717, 1.165) is 44.5 Å². The summed E-state index contributed by atoms with van der Waals surface area (Å²) in [6.07, 6.45) is 7.72. The topological polar surface area (TPSA) is 67.5 Å². The van der Waals surface area contributed by atoms with Crippen LogP contribution in [0.5, 0.6) is 0 Å². The zero-order valence-corrected chi connectivity index (χ0v) is 15.3. The number of nitrogens with zero attached hydrogens (tertiary/aromatic N) is 2. The highest BCUT2D eigenvalue weighted by Gasteiger charge is 2.49. The molecule has 138 valence electrons. The third kappa shape index (κ3) is 2.93. The zero-order chi connectivity index (χ0) is 18.3. The number of furan rings is 1. The van der Waals surface area contributed by atoms with Crippen molar-refractivity contribution in [3.8, 4) is 0 Å². The van der Waals surface area contributed by atoms with E-state index in [1.54, 1.807) is 6.07 Å². The maximum atomic E-state index is 12.5. The Morgan fingerprint density at radius 2 is 1.96 bits per heavy atom. The Labute approximate surface area is 153 Å². The summed E-state index contributed by atoms with van der Waals surface area (Å²) in [5, 5.41) is 3.21. The van der Waals surface area contributed by atoms with E-state index in [1.807, 2.05) is 48.0 Å². The molecule has 2 aromatic heterocycles. The SMILES string of the molecule is Cc1ccc(C(=O)N2CCC3(CC[C@H]3NC(=O)c3ccn(C)c3)CC2)o1. The van der Waals surface area contributed by atoms with E-state index in [-0.39, 0.29) is 23.3 Å². The molecule has 1 spiro atoms. The van der Waals surface area contributed by atoms with Gasteiger partial charge in [-0.3, -0.25) is 9.59 Å². The van der Waals surface area contributed by atoms with Crippen molar-refractivity contribution in [3.05, 3.63) is 47.7 Å². The van der Waals surface area contributed by atoms with Gasteiger partial charge in [-0.1, -0.05) is 0 Å². The average molecular weight is 355 g/mol. The summed E-state index contributed by atoms with van der Waals surface area (Å²) in [5.41, 5.74) is 0.843. The largest absolute Gasteiger partial charge is 0.456 e. The fourth-order valence-electron chi connectivity index (χ4n) is 4.26. The van der Waals surface area contributed by atoms with Gasteiger partial charge in [-0.2, -0.15) is 0 Å². The molecule has 1 saturated heterocycles. The van der Waals surface area contributed by atoms with Crippen molar-refractivity contribution in [3.63, 3.8) is 0 Å². The van der Waals surface area contributed by atoms with E-state index in [9.17, 15) is 9.59 Å². The third-order valence-electron chi connectivity index (χ3n) is 6.07. The Bertz CT molecular complexity index is 827. The van der Waals surface area contributed by atoms with Gasteiger partial charge in [0.1, 0.15) is 5.76 Å². The Balaban J connectivity index is 1.36. The van der Waals surface area contributed by atoms with Gasteiger partial charge in [-0.15, -0.1) is 0 Å². The molecular formula is C20H25N3O3. The molecule has 1 atom stereocenters. The molecule has 2 fully saturated rings. The number of hydrogen-bond donors (Lipinski definition) is 1. The number of amides is 2. The monoisotopic (exact) mass is 355 g/mol. The van der Waals surface area contributed by atoms with Crippen molar-refractivity contribution in [2.24, 2.45) is 12.5 Å². The van der Waals surface area contributed by atoms with Gasteiger partial charge in [-0.05, 0) is 56.2 Å². The fourth-order valence-corrected chi connectivity index (χ4v) is 4.26. The second-order valence-electron chi connectivity index (χ2n) is 7.70. The van der Waals surface area contributed by atoms with Crippen LogP contribution in [0.15, 0.2) is 35.0 Å². The van der Waals surface area contributed by atoms with Gasteiger partial charge in [0.05, 0.1) is 5.56 Å². The van der Waals surface area contributed by atoms with Gasteiger partial charge in [0.15, 0.2) is 5.76 Å². The van der Waals surface area contributed by atoms with Crippen LogP contribution in [-0.4, -0.2) is 40.4 Å². The third-order valence-corrected chi connectivity index (χ3v) is 6.07. The molecule has 6 heteroatoms. The van der Waals surface area contributed by atoms with Crippen molar-refractivity contribution in [2.45, 2.75) is 38.6 Å². The van der Waals surface area contributed by atoms with E-state index < -0.39 is 0 Å². The van der Waals surface area contributed by atoms with E-state index in [1.165, 1.54) is 0 Å². The number of rotatable bonds is 3.